The van der Waals surface area contributed by atoms with Gasteiger partial charge in [0.1, 0.15) is 5.60 Å². The van der Waals surface area contributed by atoms with E-state index in [2.05, 4.69) is 10.6 Å². The molecular formula is C20H31N3O6. The number of ether oxygens (including phenoxy) is 4. The number of benzene rings is 1. The van der Waals surface area contributed by atoms with Crippen LogP contribution in [-0.2, 0) is 4.74 Å². The van der Waals surface area contributed by atoms with Crippen molar-refractivity contribution in [1.82, 2.24) is 10.2 Å². The van der Waals surface area contributed by atoms with E-state index in [1.807, 2.05) is 20.8 Å². The number of urea groups is 1. The Labute approximate surface area is 171 Å². The summed E-state index contributed by atoms with van der Waals surface area (Å²) in [5.41, 5.74) is -0.00444. The minimum absolute atomic E-state index is 0.0317. The number of hydrogen-bond donors (Lipinski definition) is 2. The lowest BCUT2D eigenvalue weighted by Gasteiger charge is -2.33. The predicted molar refractivity (Wildman–Crippen MR) is 109 cm³/mol. The lowest BCUT2D eigenvalue weighted by molar-refractivity contribution is 0.0202. The number of likely N-dealkylation sites (tertiary alicyclic amines) is 1. The number of nitrogens with one attached hydrogen (secondary N) is 2. The van der Waals surface area contributed by atoms with Crippen LogP contribution in [0, 0.1) is 0 Å². The Morgan fingerprint density at radius 1 is 1.00 bits per heavy atom. The monoisotopic (exact) mass is 409 g/mol. The van der Waals surface area contributed by atoms with Crippen LogP contribution in [-0.4, -0.2) is 63.1 Å². The third-order valence-corrected chi connectivity index (χ3v) is 4.40. The molecule has 0 spiro atoms. The number of carbonyl (C=O) groups excluding carboxylic acids is 2. The van der Waals surface area contributed by atoms with Gasteiger partial charge in [-0.2, -0.15) is 0 Å². The normalized spacial score (nSPS) is 14.8. The van der Waals surface area contributed by atoms with Gasteiger partial charge in [-0.3, -0.25) is 0 Å². The summed E-state index contributed by atoms with van der Waals surface area (Å²) in [6.45, 7) is 6.58. The van der Waals surface area contributed by atoms with E-state index >= 15 is 0 Å². The first kappa shape index (κ1) is 22.4. The first-order chi connectivity index (χ1) is 13.7. The van der Waals surface area contributed by atoms with E-state index in [4.69, 9.17) is 18.9 Å². The van der Waals surface area contributed by atoms with Crippen LogP contribution in [0.3, 0.4) is 0 Å². The average Bonchev–Trinajstić information content (AvgIpc) is 2.66. The van der Waals surface area contributed by atoms with Gasteiger partial charge >= 0.3 is 12.1 Å². The van der Waals surface area contributed by atoms with Gasteiger partial charge in [0.05, 0.1) is 27.0 Å². The average molecular weight is 409 g/mol. The fraction of sp³-hybridized carbons (Fsp3) is 0.600. The van der Waals surface area contributed by atoms with Crippen molar-refractivity contribution in [1.29, 1.82) is 0 Å². The molecular weight excluding hydrogens is 378 g/mol. The number of amides is 3. The van der Waals surface area contributed by atoms with Crippen LogP contribution in [0.1, 0.15) is 33.6 Å². The summed E-state index contributed by atoms with van der Waals surface area (Å²) in [4.78, 5) is 26.2. The molecule has 0 saturated carbocycles. The zero-order chi connectivity index (χ0) is 21.6. The molecule has 3 amide bonds. The molecule has 1 heterocycles. The van der Waals surface area contributed by atoms with Crippen LogP contribution in [0.2, 0.25) is 0 Å². The minimum Gasteiger partial charge on any atom is -0.493 e. The number of piperidine rings is 1. The van der Waals surface area contributed by atoms with Crippen molar-refractivity contribution < 1.29 is 28.5 Å². The predicted octanol–water partition coefficient (Wildman–Crippen LogP) is 3.23. The topological polar surface area (TPSA) is 98.4 Å². The molecule has 1 fully saturated rings. The molecule has 1 aliphatic rings. The summed E-state index contributed by atoms with van der Waals surface area (Å²) in [5, 5.41) is 5.72. The largest absolute Gasteiger partial charge is 0.493 e. The highest BCUT2D eigenvalue weighted by molar-refractivity contribution is 5.90. The summed E-state index contributed by atoms with van der Waals surface area (Å²) >= 11 is 0. The zero-order valence-corrected chi connectivity index (χ0v) is 18.0. The summed E-state index contributed by atoms with van der Waals surface area (Å²) < 4.78 is 21.3. The summed E-state index contributed by atoms with van der Waals surface area (Å²) in [6, 6.07) is 2.95. The molecule has 1 saturated heterocycles. The molecule has 2 N–H and O–H groups in total. The fourth-order valence-electron chi connectivity index (χ4n) is 3.04. The van der Waals surface area contributed by atoms with E-state index in [0.717, 1.165) is 0 Å². The molecule has 29 heavy (non-hydrogen) atoms. The highest BCUT2D eigenvalue weighted by atomic mass is 16.6. The van der Waals surface area contributed by atoms with Gasteiger partial charge in [0.2, 0.25) is 5.75 Å². The maximum Gasteiger partial charge on any atom is 0.410 e. The Morgan fingerprint density at radius 2 is 1.55 bits per heavy atom. The van der Waals surface area contributed by atoms with E-state index in [0.29, 0.717) is 48.9 Å². The van der Waals surface area contributed by atoms with Crippen molar-refractivity contribution in [2.45, 2.75) is 45.3 Å². The van der Waals surface area contributed by atoms with E-state index < -0.39 is 5.60 Å². The molecule has 1 aliphatic heterocycles. The van der Waals surface area contributed by atoms with Crippen LogP contribution in [0.5, 0.6) is 17.2 Å². The zero-order valence-electron chi connectivity index (χ0n) is 18.0. The third-order valence-electron chi connectivity index (χ3n) is 4.40. The Hall–Kier alpha value is -2.84. The number of nitrogens with zero attached hydrogens (tertiary/aromatic N) is 1. The number of hydrogen-bond acceptors (Lipinski definition) is 6. The van der Waals surface area contributed by atoms with Crippen LogP contribution in [0.15, 0.2) is 12.1 Å². The van der Waals surface area contributed by atoms with E-state index in [1.165, 1.54) is 21.3 Å². The maximum absolute atomic E-state index is 12.4. The fourth-order valence-corrected chi connectivity index (χ4v) is 3.04. The smallest absolute Gasteiger partial charge is 0.410 e. The molecule has 1 aromatic carbocycles. The van der Waals surface area contributed by atoms with Gasteiger partial charge in [-0.1, -0.05) is 0 Å². The molecule has 2 rings (SSSR count). The number of methoxy groups -OCH3 is 3. The molecule has 0 radical (unpaired) electrons. The molecule has 0 bridgehead atoms. The molecule has 162 valence electrons. The van der Waals surface area contributed by atoms with E-state index in [9.17, 15) is 9.59 Å². The van der Waals surface area contributed by atoms with E-state index in [-0.39, 0.29) is 18.2 Å². The van der Waals surface area contributed by atoms with Gasteiger partial charge in [0.25, 0.3) is 0 Å². The first-order valence-corrected chi connectivity index (χ1v) is 9.52. The van der Waals surface area contributed by atoms with Gasteiger partial charge in [0.15, 0.2) is 11.5 Å². The van der Waals surface area contributed by atoms with E-state index in [1.54, 1.807) is 17.0 Å². The first-order valence-electron chi connectivity index (χ1n) is 9.52. The molecule has 9 nitrogen and oxygen atoms in total. The number of rotatable bonds is 5. The Kier molecular flexibility index (Phi) is 7.41. The molecule has 0 aromatic heterocycles. The molecule has 0 unspecified atom stereocenters. The van der Waals surface area contributed by atoms with Gasteiger partial charge in [-0.15, -0.1) is 0 Å². The lowest BCUT2D eigenvalue weighted by Crippen LogP contribution is -2.48. The Morgan fingerprint density at radius 3 is 2.00 bits per heavy atom. The highest BCUT2D eigenvalue weighted by Gasteiger charge is 2.27. The second-order valence-electron chi connectivity index (χ2n) is 7.75. The van der Waals surface area contributed by atoms with Crippen molar-refractivity contribution in [3.63, 3.8) is 0 Å². The van der Waals surface area contributed by atoms with Gasteiger partial charge in [-0.25, -0.2) is 9.59 Å². The highest BCUT2D eigenvalue weighted by Crippen LogP contribution is 2.39. The van der Waals surface area contributed by atoms with Gasteiger partial charge in [0, 0.05) is 31.3 Å². The number of anilines is 1. The quantitative estimate of drug-likeness (QED) is 0.775. The second-order valence-corrected chi connectivity index (χ2v) is 7.75. The molecule has 0 atom stereocenters. The van der Waals surface area contributed by atoms with Crippen molar-refractivity contribution in [3.05, 3.63) is 12.1 Å². The maximum atomic E-state index is 12.4. The molecule has 9 heteroatoms. The summed E-state index contributed by atoms with van der Waals surface area (Å²) in [7, 11) is 4.54. The van der Waals surface area contributed by atoms with Crippen molar-refractivity contribution in [3.8, 4) is 17.2 Å². The number of carbonyl (C=O) groups is 2. The van der Waals surface area contributed by atoms with Crippen LogP contribution >= 0.6 is 0 Å². The second kappa shape index (κ2) is 9.58. The van der Waals surface area contributed by atoms with Crippen molar-refractivity contribution in [2.75, 3.05) is 39.7 Å². The van der Waals surface area contributed by atoms with Crippen LogP contribution < -0.4 is 24.8 Å². The van der Waals surface area contributed by atoms with Gasteiger partial charge in [-0.05, 0) is 33.6 Å². The van der Waals surface area contributed by atoms with Crippen molar-refractivity contribution >= 4 is 17.8 Å². The Balaban J connectivity index is 1.90. The summed E-state index contributed by atoms with van der Waals surface area (Å²) in [5.74, 6) is 1.36. The molecule has 1 aromatic rings. The van der Waals surface area contributed by atoms with Crippen molar-refractivity contribution in [2.24, 2.45) is 0 Å². The standard InChI is InChI=1S/C20H31N3O6/c1-20(2,3)29-19(25)23-9-7-13(8-10-23)21-18(24)22-14-11-15(26-4)17(28-6)16(12-14)27-5/h11-13H,7-10H2,1-6H3,(H2,21,22,24). The lowest BCUT2D eigenvalue weighted by atomic mass is 10.1. The Bertz CT molecular complexity index is 698. The van der Waals surface area contributed by atoms with Gasteiger partial charge < -0.3 is 34.5 Å². The third kappa shape index (κ3) is 6.33. The SMILES string of the molecule is COc1cc(NC(=O)NC2CCN(C(=O)OC(C)(C)C)CC2)cc(OC)c1OC. The summed E-state index contributed by atoms with van der Waals surface area (Å²) in [6.07, 6.45) is 0.988. The van der Waals surface area contributed by atoms with Crippen LogP contribution in [0.25, 0.3) is 0 Å². The minimum atomic E-state index is -0.521. The van der Waals surface area contributed by atoms with Crippen LogP contribution in [0.4, 0.5) is 15.3 Å². The molecule has 0 aliphatic carbocycles.